The maximum absolute atomic E-state index is 11.1. The Balaban J connectivity index is 1.46. The van der Waals surface area contributed by atoms with Gasteiger partial charge in [-0.3, -0.25) is 4.21 Å². The van der Waals surface area contributed by atoms with E-state index in [1.807, 2.05) is 56.3 Å². The van der Waals surface area contributed by atoms with Crippen molar-refractivity contribution in [2.24, 2.45) is 0 Å². The van der Waals surface area contributed by atoms with E-state index in [0.29, 0.717) is 30.0 Å². The van der Waals surface area contributed by atoms with E-state index in [1.165, 1.54) is 0 Å². The normalized spacial score (nSPS) is 17.2. The number of nitrogens with zero attached hydrogens (tertiary/aromatic N) is 3. The molecule has 0 aliphatic carbocycles. The zero-order chi connectivity index (χ0) is 26.5. The predicted octanol–water partition coefficient (Wildman–Crippen LogP) is 4.27. The van der Waals surface area contributed by atoms with Crippen LogP contribution in [0, 0.1) is 6.92 Å². The molecular formula is C28H31N6O3S-. The molecule has 3 heterocycles. The van der Waals surface area contributed by atoms with Gasteiger partial charge >= 0.3 is 0 Å². The zero-order valence-corrected chi connectivity index (χ0v) is 22.3. The molecule has 3 atom stereocenters. The highest BCUT2D eigenvalue weighted by atomic mass is 32.2. The highest BCUT2D eigenvalue weighted by Crippen LogP contribution is 2.37. The smallest absolute Gasteiger partial charge is 0.228 e. The van der Waals surface area contributed by atoms with Crippen LogP contribution in [-0.2, 0) is 17.7 Å². The van der Waals surface area contributed by atoms with Gasteiger partial charge in [-0.1, -0.05) is 30.3 Å². The Hall–Kier alpha value is -3.44. The molecular weight excluding hydrogens is 500 g/mol. The number of benzene rings is 2. The maximum atomic E-state index is 11.1. The van der Waals surface area contributed by atoms with Gasteiger partial charge in [0.15, 0.2) is 0 Å². The maximum Gasteiger partial charge on any atom is 0.228 e. The summed E-state index contributed by atoms with van der Waals surface area (Å²) in [4.78, 5) is 13.7. The van der Waals surface area contributed by atoms with E-state index in [1.54, 1.807) is 12.4 Å². The van der Waals surface area contributed by atoms with Gasteiger partial charge in [-0.15, -0.1) is 0 Å². The van der Waals surface area contributed by atoms with Crippen LogP contribution in [0.5, 0.6) is 11.6 Å². The molecule has 4 aromatic rings. The number of aryl methyl sites for hydroxylation is 1. The monoisotopic (exact) mass is 531 g/mol. The lowest BCUT2D eigenvalue weighted by Crippen LogP contribution is -2.38. The van der Waals surface area contributed by atoms with Crippen molar-refractivity contribution in [3.05, 3.63) is 72.1 Å². The summed E-state index contributed by atoms with van der Waals surface area (Å²) in [6.45, 7) is 5.78. The zero-order valence-electron chi connectivity index (χ0n) is 21.4. The summed E-state index contributed by atoms with van der Waals surface area (Å²) < 4.78 is 31.2. The van der Waals surface area contributed by atoms with Gasteiger partial charge in [0.25, 0.3) is 0 Å². The fourth-order valence-electron chi connectivity index (χ4n) is 4.85. The van der Waals surface area contributed by atoms with Crippen molar-refractivity contribution in [1.29, 1.82) is 0 Å². The fourth-order valence-corrected chi connectivity index (χ4v) is 5.27. The van der Waals surface area contributed by atoms with E-state index >= 15 is 0 Å². The molecule has 0 amide bonds. The van der Waals surface area contributed by atoms with Crippen LogP contribution in [0.25, 0.3) is 22.0 Å². The minimum atomic E-state index is -2.31. The number of anilines is 1. The average molecular weight is 532 g/mol. The summed E-state index contributed by atoms with van der Waals surface area (Å²) in [5.74, 6) is 1.74. The molecule has 9 nitrogen and oxygen atoms in total. The molecule has 5 rings (SSSR count). The molecule has 38 heavy (non-hydrogen) atoms. The van der Waals surface area contributed by atoms with Gasteiger partial charge in [0.1, 0.15) is 5.75 Å². The highest BCUT2D eigenvalue weighted by molar-refractivity contribution is 7.77. The molecule has 2 aromatic heterocycles. The second kappa shape index (κ2) is 12.0. The standard InChI is InChI=1S/C28H32N6O3S/c1-18-10-11-22-20(16-19(2)34-38(35)36)6-3-8-23(22)26(18)37-27-24(9-5-14-30-27)25-12-15-31-28(33-25)32-21-7-4-13-29-17-21/h3,5-6,8-12,14-15,19,21,29,34H,4,7,13,16-17H2,1-2H3,(H,35,36)(H,31,32,33)/p-1. The molecule has 1 fully saturated rings. The Kier molecular flexibility index (Phi) is 8.23. The van der Waals surface area contributed by atoms with E-state index in [4.69, 9.17) is 9.72 Å². The Morgan fingerprint density at radius 1 is 1.13 bits per heavy atom. The molecule has 0 saturated carbocycles. The summed E-state index contributed by atoms with van der Waals surface area (Å²) in [7, 11) is 0. The second-order valence-electron chi connectivity index (χ2n) is 9.59. The first kappa shape index (κ1) is 26.2. The van der Waals surface area contributed by atoms with E-state index in [2.05, 4.69) is 31.4 Å². The number of fused-ring (bicyclic) bond motifs is 1. The highest BCUT2D eigenvalue weighted by Gasteiger charge is 2.18. The van der Waals surface area contributed by atoms with Gasteiger partial charge in [0.2, 0.25) is 11.8 Å². The quantitative estimate of drug-likeness (QED) is 0.274. The lowest BCUT2D eigenvalue weighted by Gasteiger charge is -2.23. The van der Waals surface area contributed by atoms with Gasteiger partial charge in [0.05, 0.1) is 11.3 Å². The molecule has 1 aliphatic rings. The lowest BCUT2D eigenvalue weighted by molar-refractivity contribution is 0.466. The number of rotatable bonds is 9. The Labute approximate surface area is 224 Å². The number of hydrogen-bond donors (Lipinski definition) is 3. The first-order valence-corrected chi connectivity index (χ1v) is 13.9. The minimum Gasteiger partial charge on any atom is -0.760 e. The van der Waals surface area contributed by atoms with Crippen molar-refractivity contribution in [1.82, 2.24) is 25.0 Å². The number of aromatic nitrogens is 3. The topological polar surface area (TPSA) is 124 Å². The summed E-state index contributed by atoms with van der Waals surface area (Å²) in [5, 5.41) is 8.78. The van der Waals surface area contributed by atoms with Crippen LogP contribution in [0.3, 0.4) is 0 Å². The molecule has 198 valence electrons. The van der Waals surface area contributed by atoms with Crippen molar-refractivity contribution in [3.63, 3.8) is 0 Å². The summed E-state index contributed by atoms with van der Waals surface area (Å²) in [6, 6.07) is 15.8. The fraction of sp³-hybridized carbons (Fsp3) is 0.321. The molecule has 0 radical (unpaired) electrons. The van der Waals surface area contributed by atoms with Crippen molar-refractivity contribution in [3.8, 4) is 22.9 Å². The summed E-state index contributed by atoms with van der Waals surface area (Å²) in [5.41, 5.74) is 3.48. The van der Waals surface area contributed by atoms with E-state index < -0.39 is 11.3 Å². The molecule has 3 N–H and O–H groups in total. The number of pyridine rings is 1. The van der Waals surface area contributed by atoms with Crippen LogP contribution in [-0.4, -0.2) is 48.9 Å². The average Bonchev–Trinajstić information content (AvgIpc) is 2.91. The molecule has 0 bridgehead atoms. The Morgan fingerprint density at radius 2 is 2.03 bits per heavy atom. The third-order valence-electron chi connectivity index (χ3n) is 6.65. The molecule has 10 heteroatoms. The van der Waals surface area contributed by atoms with Gasteiger partial charge < -0.3 is 19.9 Å². The van der Waals surface area contributed by atoms with Gasteiger partial charge in [-0.05, 0) is 74.4 Å². The van der Waals surface area contributed by atoms with Crippen LogP contribution in [0.1, 0.15) is 30.9 Å². The number of hydrogen-bond acceptors (Lipinski definition) is 8. The SMILES string of the molecule is Cc1ccc2c(CC(C)NS(=O)[O-])cccc2c1Oc1ncccc1-c1ccnc(NC2CCCNC2)n1. The minimum absolute atomic E-state index is 0.239. The van der Waals surface area contributed by atoms with E-state index in [9.17, 15) is 8.76 Å². The first-order chi connectivity index (χ1) is 18.5. The van der Waals surface area contributed by atoms with Gasteiger partial charge in [-0.25, -0.2) is 19.7 Å². The predicted molar refractivity (Wildman–Crippen MR) is 149 cm³/mol. The number of nitrogens with one attached hydrogen (secondary N) is 3. The second-order valence-corrected chi connectivity index (χ2v) is 10.3. The number of ether oxygens (including phenoxy) is 1. The van der Waals surface area contributed by atoms with Crippen LogP contribution in [0.15, 0.2) is 60.9 Å². The van der Waals surface area contributed by atoms with Gasteiger partial charge in [0, 0.05) is 47.7 Å². The van der Waals surface area contributed by atoms with E-state index in [-0.39, 0.29) is 6.04 Å². The van der Waals surface area contributed by atoms with Gasteiger partial charge in [-0.2, -0.15) is 0 Å². The Morgan fingerprint density at radius 3 is 2.84 bits per heavy atom. The van der Waals surface area contributed by atoms with Crippen molar-refractivity contribution in [2.75, 3.05) is 18.4 Å². The summed E-state index contributed by atoms with van der Waals surface area (Å²) >= 11 is -2.31. The molecule has 2 aromatic carbocycles. The Bertz CT molecular complexity index is 1440. The van der Waals surface area contributed by atoms with Crippen molar-refractivity contribution < 1.29 is 13.5 Å². The number of piperidine rings is 1. The lowest BCUT2D eigenvalue weighted by atomic mass is 9.97. The third kappa shape index (κ3) is 6.16. The molecule has 3 unspecified atom stereocenters. The third-order valence-corrected chi connectivity index (χ3v) is 7.25. The van der Waals surface area contributed by atoms with Crippen molar-refractivity contribution in [2.45, 2.75) is 45.2 Å². The van der Waals surface area contributed by atoms with Crippen LogP contribution < -0.4 is 20.1 Å². The molecule has 1 saturated heterocycles. The van der Waals surface area contributed by atoms with Crippen LogP contribution in [0.2, 0.25) is 0 Å². The summed E-state index contributed by atoms with van der Waals surface area (Å²) in [6.07, 6.45) is 6.20. The van der Waals surface area contributed by atoms with E-state index in [0.717, 1.165) is 59.1 Å². The molecule has 1 aliphatic heterocycles. The van der Waals surface area contributed by atoms with Crippen molar-refractivity contribution >= 4 is 28.0 Å². The largest absolute Gasteiger partial charge is 0.760 e. The first-order valence-electron chi connectivity index (χ1n) is 12.8. The van der Waals surface area contributed by atoms with Crippen LogP contribution >= 0.6 is 0 Å². The van der Waals surface area contributed by atoms with Crippen LogP contribution in [0.4, 0.5) is 5.95 Å². The molecule has 0 spiro atoms.